The van der Waals surface area contributed by atoms with Crippen molar-refractivity contribution in [2.45, 2.75) is 52.7 Å². The molecule has 1 atom stereocenters. The van der Waals surface area contributed by atoms with Crippen LogP contribution in [-0.2, 0) is 13.1 Å². The van der Waals surface area contributed by atoms with Crippen LogP contribution in [0.5, 0.6) is 0 Å². The van der Waals surface area contributed by atoms with E-state index in [9.17, 15) is 9.59 Å². The van der Waals surface area contributed by atoms with Crippen molar-refractivity contribution in [3.63, 3.8) is 0 Å². The molecular formula is C25H27ClN8O2. The maximum Gasteiger partial charge on any atom is 0.352 e. The molecule has 1 saturated heterocycles. The number of aromatic nitrogens is 6. The van der Waals surface area contributed by atoms with Crippen molar-refractivity contribution in [3.8, 4) is 11.8 Å². The Morgan fingerprint density at radius 1 is 1.19 bits per heavy atom. The molecule has 0 amide bonds. The molecule has 1 fully saturated rings. The molecule has 0 bridgehead atoms. The molecule has 36 heavy (non-hydrogen) atoms. The number of nitrogens with zero attached hydrogens (tertiary/aromatic N) is 7. The topological polar surface area (TPSA) is 116 Å². The molecule has 1 unspecified atom stereocenters. The maximum atomic E-state index is 13.7. The van der Waals surface area contributed by atoms with Crippen molar-refractivity contribution in [3.05, 3.63) is 61.1 Å². The van der Waals surface area contributed by atoms with E-state index in [-0.39, 0.29) is 19.1 Å². The van der Waals surface area contributed by atoms with Crippen LogP contribution in [0.2, 0.25) is 5.02 Å². The molecule has 3 aromatic heterocycles. The lowest BCUT2D eigenvalue weighted by Gasteiger charge is -2.31. The molecular weight excluding hydrogens is 480 g/mol. The van der Waals surface area contributed by atoms with Gasteiger partial charge in [0.1, 0.15) is 12.4 Å². The van der Waals surface area contributed by atoms with Crippen molar-refractivity contribution < 1.29 is 0 Å². The van der Waals surface area contributed by atoms with Crippen molar-refractivity contribution in [1.82, 2.24) is 28.7 Å². The third kappa shape index (κ3) is 4.14. The summed E-state index contributed by atoms with van der Waals surface area (Å²) in [6.07, 6.45) is 1.86. The predicted molar refractivity (Wildman–Crippen MR) is 140 cm³/mol. The molecule has 10 nitrogen and oxygen atoms in total. The van der Waals surface area contributed by atoms with E-state index in [1.54, 1.807) is 36.7 Å². The molecule has 5 rings (SSSR count). The summed E-state index contributed by atoms with van der Waals surface area (Å²) in [6.45, 7) is 6.83. The van der Waals surface area contributed by atoms with E-state index in [4.69, 9.17) is 22.3 Å². The summed E-state index contributed by atoms with van der Waals surface area (Å²) >= 11 is 6.12. The highest BCUT2D eigenvalue weighted by Crippen LogP contribution is 2.21. The highest BCUT2D eigenvalue weighted by molar-refractivity contribution is 6.31. The van der Waals surface area contributed by atoms with Crippen LogP contribution in [0.25, 0.3) is 16.6 Å². The third-order valence-electron chi connectivity index (χ3n) is 6.53. The summed E-state index contributed by atoms with van der Waals surface area (Å²) in [6, 6.07) is 5.37. The van der Waals surface area contributed by atoms with Gasteiger partial charge in [-0.25, -0.2) is 19.4 Å². The predicted octanol–water partition coefficient (Wildman–Crippen LogP) is 1.87. The van der Waals surface area contributed by atoms with Gasteiger partial charge in [-0.05, 0) is 51.8 Å². The molecule has 11 heteroatoms. The van der Waals surface area contributed by atoms with Gasteiger partial charge < -0.3 is 10.6 Å². The van der Waals surface area contributed by atoms with Crippen LogP contribution in [0.1, 0.15) is 36.8 Å². The first kappa shape index (κ1) is 24.0. The minimum atomic E-state index is -0.518. The molecule has 4 heterocycles. The number of halogens is 1. The van der Waals surface area contributed by atoms with Crippen LogP contribution in [0.15, 0.2) is 27.8 Å². The van der Waals surface area contributed by atoms with Crippen LogP contribution in [0.4, 0.5) is 5.95 Å². The van der Waals surface area contributed by atoms with Gasteiger partial charge in [0, 0.05) is 35.2 Å². The molecule has 0 aliphatic carbocycles. The number of nitrogens with two attached hydrogens (primary N) is 1. The van der Waals surface area contributed by atoms with Crippen LogP contribution >= 0.6 is 11.6 Å². The fourth-order valence-electron chi connectivity index (χ4n) is 4.73. The Morgan fingerprint density at radius 2 is 2.00 bits per heavy atom. The number of rotatable bonds is 4. The standard InChI is InChI=1S/C25H27ClN8O2/c1-4-5-11-33-24(31-10-6-7-18(27)13-31)30-22-15(2)23(35)32(25(36)34(22)33)14-21-28-16(3)19-12-17(26)8-9-20(19)29-21/h8-9,12,18H,6-7,10-11,13-14,27H2,1-3H3. The zero-order chi connectivity index (χ0) is 25.6. The highest BCUT2D eigenvalue weighted by Gasteiger charge is 2.26. The van der Waals surface area contributed by atoms with Gasteiger partial charge in [-0.15, -0.1) is 5.92 Å². The van der Waals surface area contributed by atoms with Crippen LogP contribution in [-0.4, -0.2) is 47.8 Å². The Balaban J connectivity index is 1.68. The smallest absolute Gasteiger partial charge is 0.339 e. The maximum absolute atomic E-state index is 13.7. The first-order valence-corrected chi connectivity index (χ1v) is 12.2. The lowest BCUT2D eigenvalue weighted by Crippen LogP contribution is -2.44. The average Bonchev–Trinajstić information content (AvgIpc) is 3.24. The molecule has 1 aromatic carbocycles. The normalized spacial score (nSPS) is 15.9. The van der Waals surface area contributed by atoms with Gasteiger partial charge in [0.2, 0.25) is 5.95 Å². The van der Waals surface area contributed by atoms with Crippen molar-refractivity contribution in [2.24, 2.45) is 5.73 Å². The van der Waals surface area contributed by atoms with E-state index in [0.717, 1.165) is 35.0 Å². The molecule has 0 radical (unpaired) electrons. The number of anilines is 1. The van der Waals surface area contributed by atoms with Crippen molar-refractivity contribution >= 4 is 34.1 Å². The third-order valence-corrected chi connectivity index (χ3v) is 6.77. The van der Waals surface area contributed by atoms with E-state index in [2.05, 4.69) is 26.7 Å². The van der Waals surface area contributed by atoms with Crippen LogP contribution in [0, 0.1) is 25.7 Å². The second kappa shape index (κ2) is 9.41. The summed E-state index contributed by atoms with van der Waals surface area (Å²) in [7, 11) is 0. The molecule has 2 N–H and O–H groups in total. The van der Waals surface area contributed by atoms with Crippen LogP contribution in [0.3, 0.4) is 0 Å². The van der Waals surface area contributed by atoms with Crippen molar-refractivity contribution in [1.29, 1.82) is 0 Å². The highest BCUT2D eigenvalue weighted by atomic mass is 35.5. The molecule has 0 saturated carbocycles. The monoisotopic (exact) mass is 506 g/mol. The van der Waals surface area contributed by atoms with Gasteiger partial charge in [0.05, 0.1) is 17.6 Å². The van der Waals surface area contributed by atoms with Gasteiger partial charge in [-0.2, -0.15) is 9.50 Å². The zero-order valence-electron chi connectivity index (χ0n) is 20.5. The quantitative estimate of drug-likeness (QED) is 0.420. The number of piperidine rings is 1. The first-order chi connectivity index (χ1) is 17.3. The second-order valence-corrected chi connectivity index (χ2v) is 9.50. The number of hydrogen-bond donors (Lipinski definition) is 1. The summed E-state index contributed by atoms with van der Waals surface area (Å²) in [5.74, 6) is 6.86. The van der Waals surface area contributed by atoms with E-state index in [0.29, 0.717) is 40.1 Å². The van der Waals surface area contributed by atoms with Gasteiger partial charge in [0.15, 0.2) is 5.65 Å². The van der Waals surface area contributed by atoms with E-state index in [1.165, 1.54) is 4.52 Å². The van der Waals surface area contributed by atoms with Gasteiger partial charge in [-0.3, -0.25) is 9.36 Å². The van der Waals surface area contributed by atoms with Gasteiger partial charge >= 0.3 is 5.69 Å². The Bertz CT molecular complexity index is 1670. The first-order valence-electron chi connectivity index (χ1n) is 11.8. The number of fused-ring (bicyclic) bond motifs is 2. The van der Waals surface area contributed by atoms with Gasteiger partial charge in [0.25, 0.3) is 5.56 Å². The van der Waals surface area contributed by atoms with Crippen molar-refractivity contribution in [2.75, 3.05) is 18.0 Å². The minimum absolute atomic E-state index is 0.0188. The molecule has 1 aliphatic rings. The fraction of sp³-hybridized carbons (Fsp3) is 0.400. The molecule has 1 aliphatic heterocycles. The summed E-state index contributed by atoms with van der Waals surface area (Å²) in [5, 5.41) is 1.41. The summed E-state index contributed by atoms with van der Waals surface area (Å²) in [5.41, 5.74) is 7.36. The SMILES string of the molecule is CC#CCn1c(N2CCCC(N)C2)nc2c(C)c(=O)n(Cc3nc(C)c4cc(Cl)ccc4n3)c(=O)n21. The van der Waals surface area contributed by atoms with Gasteiger partial charge in [-0.1, -0.05) is 17.5 Å². The molecule has 186 valence electrons. The zero-order valence-corrected chi connectivity index (χ0v) is 21.2. The Morgan fingerprint density at radius 3 is 2.75 bits per heavy atom. The molecule has 0 spiro atoms. The molecule has 4 aromatic rings. The lowest BCUT2D eigenvalue weighted by atomic mass is 10.1. The van der Waals surface area contributed by atoms with Crippen LogP contribution < -0.4 is 21.9 Å². The van der Waals surface area contributed by atoms with E-state index >= 15 is 0 Å². The minimum Gasteiger partial charge on any atom is -0.339 e. The summed E-state index contributed by atoms with van der Waals surface area (Å²) < 4.78 is 4.32. The average molecular weight is 507 g/mol. The second-order valence-electron chi connectivity index (χ2n) is 9.07. The fourth-order valence-corrected chi connectivity index (χ4v) is 4.90. The Kier molecular flexibility index (Phi) is 6.28. The largest absolute Gasteiger partial charge is 0.352 e. The number of hydrogen-bond acceptors (Lipinski definition) is 7. The Labute approximate surface area is 212 Å². The number of benzene rings is 1. The van der Waals surface area contributed by atoms with E-state index in [1.807, 2.05) is 6.92 Å². The Hall–Kier alpha value is -3.68. The lowest BCUT2D eigenvalue weighted by molar-refractivity contribution is 0.485. The summed E-state index contributed by atoms with van der Waals surface area (Å²) in [4.78, 5) is 43.0. The number of aryl methyl sites for hydroxylation is 2. The van der Waals surface area contributed by atoms with E-state index < -0.39 is 11.2 Å².